The number of ether oxygens (including phenoxy) is 2. The fourth-order valence-electron chi connectivity index (χ4n) is 3.32. The van der Waals surface area contributed by atoms with Crippen molar-refractivity contribution in [1.29, 1.82) is 5.26 Å². The number of rotatable bonds is 10. The summed E-state index contributed by atoms with van der Waals surface area (Å²) in [4.78, 5) is 23.1. The summed E-state index contributed by atoms with van der Waals surface area (Å²) in [5.74, 6) is -1.46. The first kappa shape index (κ1) is 24.9. The SMILES string of the molecule is COc1cc(C(=O)NCCCc2nn(-c3ccccc3)c(N)c2C#N)c([N+](=O)[O-])cc1OC(F)F. The Bertz CT molecular complexity index is 1270. The van der Waals surface area contributed by atoms with E-state index in [2.05, 4.69) is 15.2 Å². The molecule has 0 fully saturated rings. The molecule has 0 unspecified atom stereocenters. The van der Waals surface area contributed by atoms with Gasteiger partial charge in [-0.3, -0.25) is 14.9 Å². The fourth-order valence-corrected chi connectivity index (χ4v) is 3.32. The molecule has 35 heavy (non-hydrogen) atoms. The van der Waals surface area contributed by atoms with Crippen molar-refractivity contribution in [3.05, 3.63) is 69.4 Å². The molecule has 3 aromatic rings. The second-order valence-corrected chi connectivity index (χ2v) is 7.08. The maximum absolute atomic E-state index is 12.6. The molecule has 0 saturated heterocycles. The Kier molecular flexibility index (Phi) is 7.77. The van der Waals surface area contributed by atoms with E-state index in [1.165, 1.54) is 4.68 Å². The minimum absolute atomic E-state index is 0.0799. The van der Waals surface area contributed by atoms with E-state index >= 15 is 0 Å². The molecule has 1 heterocycles. The summed E-state index contributed by atoms with van der Waals surface area (Å²) in [7, 11) is 1.15. The third-order valence-electron chi connectivity index (χ3n) is 4.92. The monoisotopic (exact) mass is 486 g/mol. The maximum atomic E-state index is 12.6. The van der Waals surface area contributed by atoms with Crippen LogP contribution in [0.25, 0.3) is 5.69 Å². The van der Waals surface area contributed by atoms with Crippen LogP contribution in [0.4, 0.5) is 20.3 Å². The molecule has 1 aromatic heterocycles. The standard InChI is InChI=1S/C22H20F2N6O5/c1-34-18-10-14(17(30(32)33)11-19(18)35-22(23)24)21(31)27-9-5-8-16-15(12-25)20(26)29(28-16)13-6-3-2-4-7-13/h2-4,6-7,10-11,22H,5,8-9,26H2,1H3,(H,27,31). The summed E-state index contributed by atoms with van der Waals surface area (Å²) in [5, 5.41) is 27.8. The molecule has 1 amide bonds. The number of alkyl halides is 2. The van der Waals surface area contributed by atoms with Crippen molar-refractivity contribution in [2.45, 2.75) is 19.5 Å². The van der Waals surface area contributed by atoms with Gasteiger partial charge in [0.05, 0.1) is 29.5 Å². The number of methoxy groups -OCH3 is 1. The van der Waals surface area contributed by atoms with Crippen LogP contribution in [0.2, 0.25) is 0 Å². The molecule has 0 aliphatic rings. The summed E-state index contributed by atoms with van der Waals surface area (Å²) in [6.07, 6.45) is 0.628. The largest absolute Gasteiger partial charge is 0.493 e. The van der Waals surface area contributed by atoms with Crippen LogP contribution < -0.4 is 20.5 Å². The quantitative estimate of drug-likeness (QED) is 0.251. The molecule has 0 radical (unpaired) electrons. The molecular weight excluding hydrogens is 466 g/mol. The van der Waals surface area contributed by atoms with Crippen molar-refractivity contribution in [1.82, 2.24) is 15.1 Å². The predicted octanol–water partition coefficient (Wildman–Crippen LogP) is 3.21. The minimum Gasteiger partial charge on any atom is -0.493 e. The van der Waals surface area contributed by atoms with Crippen molar-refractivity contribution in [2.75, 3.05) is 19.4 Å². The van der Waals surface area contributed by atoms with Gasteiger partial charge in [0.1, 0.15) is 23.0 Å². The van der Waals surface area contributed by atoms with Gasteiger partial charge < -0.3 is 20.5 Å². The molecule has 0 bridgehead atoms. The minimum atomic E-state index is -3.24. The molecule has 0 saturated carbocycles. The van der Waals surface area contributed by atoms with Crippen LogP contribution in [0.15, 0.2) is 42.5 Å². The van der Waals surface area contributed by atoms with Crippen molar-refractivity contribution < 1.29 is 28.0 Å². The summed E-state index contributed by atoms with van der Waals surface area (Å²) >= 11 is 0. The number of aryl methyl sites for hydroxylation is 1. The maximum Gasteiger partial charge on any atom is 0.387 e. The molecule has 2 aromatic carbocycles. The van der Waals surface area contributed by atoms with Crippen LogP contribution in [0.3, 0.4) is 0 Å². The molecule has 11 nitrogen and oxygen atoms in total. The molecule has 13 heteroatoms. The van der Waals surface area contributed by atoms with Crippen LogP contribution in [0, 0.1) is 21.4 Å². The smallest absolute Gasteiger partial charge is 0.387 e. The number of benzene rings is 2. The lowest BCUT2D eigenvalue weighted by Gasteiger charge is -2.12. The number of nitro benzene ring substituents is 1. The molecule has 0 aliphatic carbocycles. The Balaban J connectivity index is 1.71. The van der Waals surface area contributed by atoms with Gasteiger partial charge in [-0.1, -0.05) is 18.2 Å². The first-order valence-corrected chi connectivity index (χ1v) is 10.2. The fraction of sp³-hybridized carbons (Fsp3) is 0.227. The number of para-hydroxylation sites is 1. The Morgan fingerprint density at radius 2 is 2.03 bits per heavy atom. The Morgan fingerprint density at radius 3 is 2.63 bits per heavy atom. The summed E-state index contributed by atoms with van der Waals surface area (Å²) in [6.45, 7) is -3.16. The number of amides is 1. The lowest BCUT2D eigenvalue weighted by atomic mass is 10.1. The molecule has 3 rings (SSSR count). The van der Waals surface area contributed by atoms with E-state index in [0.29, 0.717) is 30.3 Å². The number of halogens is 2. The number of hydrogen-bond acceptors (Lipinski definition) is 8. The molecule has 0 spiro atoms. The number of nitrogens with zero attached hydrogens (tertiary/aromatic N) is 4. The van der Waals surface area contributed by atoms with Gasteiger partial charge in [0.25, 0.3) is 11.6 Å². The van der Waals surface area contributed by atoms with Gasteiger partial charge in [-0.15, -0.1) is 0 Å². The zero-order valence-corrected chi connectivity index (χ0v) is 18.4. The van der Waals surface area contributed by atoms with Crippen LogP contribution >= 0.6 is 0 Å². The zero-order chi connectivity index (χ0) is 25.5. The van der Waals surface area contributed by atoms with E-state index < -0.39 is 28.9 Å². The van der Waals surface area contributed by atoms with Crippen molar-refractivity contribution in [3.63, 3.8) is 0 Å². The van der Waals surface area contributed by atoms with Crippen molar-refractivity contribution >= 4 is 17.4 Å². The number of nitrogen functional groups attached to an aromatic ring is 1. The summed E-state index contributed by atoms with van der Waals surface area (Å²) in [5.41, 5.74) is 6.29. The molecular formula is C22H20F2N6O5. The van der Waals surface area contributed by atoms with E-state index in [9.17, 15) is 29.0 Å². The number of anilines is 1. The van der Waals surface area contributed by atoms with E-state index in [1.54, 1.807) is 24.3 Å². The molecule has 182 valence electrons. The highest BCUT2D eigenvalue weighted by Crippen LogP contribution is 2.35. The predicted molar refractivity (Wildman–Crippen MR) is 120 cm³/mol. The van der Waals surface area contributed by atoms with E-state index in [1.807, 2.05) is 12.1 Å². The topological polar surface area (TPSA) is 158 Å². The highest BCUT2D eigenvalue weighted by Gasteiger charge is 2.26. The summed E-state index contributed by atoms with van der Waals surface area (Å²) < 4.78 is 35.8. The second-order valence-electron chi connectivity index (χ2n) is 7.08. The van der Waals surface area contributed by atoms with E-state index in [0.717, 1.165) is 13.2 Å². The number of carbonyl (C=O) groups excluding carboxylic acids is 1. The van der Waals surface area contributed by atoms with Crippen molar-refractivity contribution in [3.8, 4) is 23.3 Å². The van der Waals surface area contributed by atoms with E-state index in [4.69, 9.17) is 10.5 Å². The Hall–Kier alpha value is -4.73. The van der Waals surface area contributed by atoms with Gasteiger partial charge >= 0.3 is 6.61 Å². The number of carbonyl (C=O) groups is 1. The zero-order valence-electron chi connectivity index (χ0n) is 18.4. The highest BCUT2D eigenvalue weighted by atomic mass is 19.3. The van der Waals surface area contributed by atoms with Gasteiger partial charge in [0.15, 0.2) is 11.5 Å². The third-order valence-corrected chi connectivity index (χ3v) is 4.92. The van der Waals surface area contributed by atoms with Crippen molar-refractivity contribution in [2.24, 2.45) is 0 Å². The lowest BCUT2D eigenvalue weighted by Crippen LogP contribution is -2.25. The van der Waals surface area contributed by atoms with Crippen LogP contribution in [-0.4, -0.2) is 40.9 Å². The first-order valence-electron chi connectivity index (χ1n) is 10.2. The Morgan fingerprint density at radius 1 is 1.31 bits per heavy atom. The van der Waals surface area contributed by atoms with Gasteiger partial charge in [0, 0.05) is 12.6 Å². The first-order chi connectivity index (χ1) is 16.8. The Labute approximate surface area is 197 Å². The molecule has 0 aliphatic heterocycles. The number of nitrogens with one attached hydrogen (secondary N) is 1. The number of nitro groups is 1. The highest BCUT2D eigenvalue weighted by molar-refractivity contribution is 5.99. The lowest BCUT2D eigenvalue weighted by molar-refractivity contribution is -0.385. The van der Waals surface area contributed by atoms with Gasteiger partial charge in [-0.25, -0.2) is 4.68 Å². The normalized spacial score (nSPS) is 10.6. The molecule has 3 N–H and O–H groups in total. The average molecular weight is 486 g/mol. The van der Waals surface area contributed by atoms with Gasteiger partial charge in [-0.2, -0.15) is 19.1 Å². The van der Waals surface area contributed by atoms with E-state index in [-0.39, 0.29) is 29.2 Å². The molecule has 0 atom stereocenters. The second kappa shape index (κ2) is 10.9. The average Bonchev–Trinajstić information content (AvgIpc) is 3.16. The van der Waals surface area contributed by atoms with Crippen LogP contribution in [0.1, 0.15) is 28.0 Å². The summed E-state index contributed by atoms with van der Waals surface area (Å²) in [6, 6.07) is 12.7. The number of nitriles is 1. The van der Waals surface area contributed by atoms with Crippen LogP contribution in [0.5, 0.6) is 11.5 Å². The third kappa shape index (κ3) is 5.61. The number of hydrogen-bond donors (Lipinski definition) is 2. The number of nitrogens with two attached hydrogens (primary N) is 1. The number of aromatic nitrogens is 2. The van der Waals surface area contributed by atoms with Crippen LogP contribution in [-0.2, 0) is 6.42 Å². The van der Waals surface area contributed by atoms with Gasteiger partial charge in [-0.05, 0) is 25.0 Å². The van der Waals surface area contributed by atoms with Gasteiger partial charge in [0.2, 0.25) is 0 Å².